The van der Waals surface area contributed by atoms with Crippen LogP contribution in [0.2, 0.25) is 0 Å². The van der Waals surface area contributed by atoms with Gasteiger partial charge in [-0.25, -0.2) is 9.37 Å². The van der Waals surface area contributed by atoms with Crippen LogP contribution in [0.5, 0.6) is 0 Å². The highest BCUT2D eigenvalue weighted by molar-refractivity contribution is 7.13. The zero-order valence-electron chi connectivity index (χ0n) is 12.2. The molecule has 0 bridgehead atoms. The number of halogens is 1. The standard InChI is InChI=1S/C16H13FN4OS/c1-21-9-8-14(20-21)19-15(22)7-6-13-10-23-16(18-13)11-2-4-12(17)5-3-11/h2-10H,1H3,(H,19,20,22). The lowest BCUT2D eigenvalue weighted by Gasteiger charge is -1.96. The molecule has 0 radical (unpaired) electrons. The Balaban J connectivity index is 1.66. The number of nitrogens with one attached hydrogen (secondary N) is 1. The SMILES string of the molecule is Cn1ccc(NC(=O)C=Cc2csc(-c3ccc(F)cc3)n2)n1. The number of thiazole rings is 1. The number of hydrogen-bond donors (Lipinski definition) is 1. The highest BCUT2D eigenvalue weighted by atomic mass is 32.1. The predicted molar refractivity (Wildman–Crippen MR) is 88.4 cm³/mol. The van der Waals surface area contributed by atoms with Crippen LogP contribution in [0.1, 0.15) is 5.69 Å². The van der Waals surface area contributed by atoms with Crippen molar-refractivity contribution in [2.75, 3.05) is 5.32 Å². The minimum atomic E-state index is -0.281. The van der Waals surface area contributed by atoms with Crippen molar-refractivity contribution in [2.45, 2.75) is 0 Å². The average molecular weight is 328 g/mol. The quantitative estimate of drug-likeness (QED) is 0.747. The van der Waals surface area contributed by atoms with E-state index >= 15 is 0 Å². The maximum absolute atomic E-state index is 12.9. The molecule has 0 saturated carbocycles. The summed E-state index contributed by atoms with van der Waals surface area (Å²) in [6, 6.07) is 7.85. The number of hydrogen-bond acceptors (Lipinski definition) is 4. The van der Waals surface area contributed by atoms with Crippen molar-refractivity contribution in [1.82, 2.24) is 14.8 Å². The monoisotopic (exact) mass is 328 g/mol. The topological polar surface area (TPSA) is 59.8 Å². The van der Waals surface area contributed by atoms with Gasteiger partial charge in [-0.3, -0.25) is 9.48 Å². The largest absolute Gasteiger partial charge is 0.306 e. The van der Waals surface area contributed by atoms with Gasteiger partial charge in [-0.2, -0.15) is 5.10 Å². The Kier molecular flexibility index (Phi) is 4.29. The van der Waals surface area contributed by atoms with Crippen molar-refractivity contribution < 1.29 is 9.18 Å². The number of carbonyl (C=O) groups is 1. The average Bonchev–Trinajstić information content (AvgIpc) is 3.15. The van der Waals surface area contributed by atoms with Crippen molar-refractivity contribution >= 4 is 29.1 Å². The number of carbonyl (C=O) groups excluding carboxylic acids is 1. The summed E-state index contributed by atoms with van der Waals surface area (Å²) in [5.74, 6) is -0.0657. The van der Waals surface area contributed by atoms with Gasteiger partial charge in [0.05, 0.1) is 5.69 Å². The summed E-state index contributed by atoms with van der Waals surface area (Å²) in [4.78, 5) is 16.2. The van der Waals surface area contributed by atoms with Crippen molar-refractivity contribution in [3.8, 4) is 10.6 Å². The van der Waals surface area contributed by atoms with Crippen molar-refractivity contribution in [2.24, 2.45) is 7.05 Å². The number of amides is 1. The number of aromatic nitrogens is 3. The minimum absolute atomic E-state index is 0.278. The van der Waals surface area contributed by atoms with Crippen LogP contribution < -0.4 is 5.32 Å². The van der Waals surface area contributed by atoms with E-state index in [0.29, 0.717) is 11.5 Å². The molecule has 1 N–H and O–H groups in total. The molecule has 7 heteroatoms. The van der Waals surface area contributed by atoms with E-state index in [0.717, 1.165) is 10.6 Å². The molecule has 23 heavy (non-hydrogen) atoms. The Morgan fingerprint density at radius 1 is 1.30 bits per heavy atom. The smallest absolute Gasteiger partial charge is 0.249 e. The van der Waals surface area contributed by atoms with Crippen molar-refractivity contribution in [1.29, 1.82) is 0 Å². The lowest BCUT2D eigenvalue weighted by atomic mass is 10.2. The molecule has 0 aliphatic carbocycles. The molecule has 3 aromatic rings. The van der Waals surface area contributed by atoms with Gasteiger partial charge in [0.1, 0.15) is 10.8 Å². The highest BCUT2D eigenvalue weighted by Crippen LogP contribution is 2.24. The molecular formula is C16H13FN4OS. The third-order valence-corrected chi connectivity index (χ3v) is 3.89. The van der Waals surface area contributed by atoms with Gasteiger partial charge in [-0.05, 0) is 30.3 Å². The van der Waals surface area contributed by atoms with E-state index in [1.165, 1.54) is 29.5 Å². The van der Waals surface area contributed by atoms with Crippen LogP contribution in [0.15, 0.2) is 48.0 Å². The van der Waals surface area contributed by atoms with Crippen molar-refractivity contribution in [3.63, 3.8) is 0 Å². The van der Waals surface area contributed by atoms with Crippen LogP contribution in [0, 0.1) is 5.82 Å². The zero-order valence-corrected chi connectivity index (χ0v) is 13.0. The fourth-order valence-corrected chi connectivity index (χ4v) is 2.69. The third-order valence-electron chi connectivity index (χ3n) is 2.98. The molecular weight excluding hydrogens is 315 g/mol. The molecule has 0 aliphatic heterocycles. The van der Waals surface area contributed by atoms with Gasteiger partial charge in [-0.1, -0.05) is 0 Å². The summed E-state index contributed by atoms with van der Waals surface area (Å²) in [6.07, 6.45) is 4.77. The molecule has 116 valence electrons. The number of anilines is 1. The fraction of sp³-hybridized carbons (Fsp3) is 0.0625. The Labute approximate surface area is 136 Å². The number of rotatable bonds is 4. The zero-order chi connectivity index (χ0) is 16.2. The van der Waals surface area contributed by atoms with Crippen LogP contribution in [-0.2, 0) is 11.8 Å². The van der Waals surface area contributed by atoms with Crippen LogP contribution in [0.3, 0.4) is 0 Å². The first kappa shape index (κ1) is 15.1. The van der Waals surface area contributed by atoms with E-state index in [2.05, 4.69) is 15.4 Å². The number of nitrogens with zero attached hydrogens (tertiary/aromatic N) is 3. The van der Waals surface area contributed by atoms with Gasteiger partial charge in [0.2, 0.25) is 5.91 Å². The Morgan fingerprint density at radius 2 is 2.09 bits per heavy atom. The van der Waals surface area contributed by atoms with Gasteiger partial charge >= 0.3 is 0 Å². The van der Waals surface area contributed by atoms with Gasteiger partial charge in [0.15, 0.2) is 5.82 Å². The Hall–Kier alpha value is -2.80. The summed E-state index contributed by atoms with van der Waals surface area (Å²) < 4.78 is 14.5. The van der Waals surface area contributed by atoms with Crippen LogP contribution in [-0.4, -0.2) is 20.7 Å². The maximum Gasteiger partial charge on any atom is 0.249 e. The molecule has 2 heterocycles. The molecule has 3 rings (SSSR count). The minimum Gasteiger partial charge on any atom is -0.306 e. The summed E-state index contributed by atoms with van der Waals surface area (Å²) in [7, 11) is 1.78. The maximum atomic E-state index is 12.9. The molecule has 0 unspecified atom stereocenters. The number of aryl methyl sites for hydroxylation is 1. The fourth-order valence-electron chi connectivity index (χ4n) is 1.90. The molecule has 0 aliphatic rings. The molecule has 1 aromatic carbocycles. The van der Waals surface area contributed by atoms with Crippen LogP contribution in [0.4, 0.5) is 10.2 Å². The molecule has 5 nitrogen and oxygen atoms in total. The van der Waals surface area contributed by atoms with E-state index in [-0.39, 0.29) is 11.7 Å². The van der Waals surface area contributed by atoms with Gasteiger partial charge in [0.25, 0.3) is 0 Å². The van der Waals surface area contributed by atoms with Crippen LogP contribution >= 0.6 is 11.3 Å². The lowest BCUT2D eigenvalue weighted by Crippen LogP contribution is -2.08. The van der Waals surface area contributed by atoms with E-state index in [9.17, 15) is 9.18 Å². The van der Waals surface area contributed by atoms with Gasteiger partial charge in [0, 0.05) is 36.3 Å². The Bertz CT molecular complexity index is 851. The first-order chi connectivity index (χ1) is 11.1. The van der Waals surface area contributed by atoms with Crippen molar-refractivity contribution in [3.05, 3.63) is 59.5 Å². The molecule has 0 saturated heterocycles. The molecule has 1 amide bonds. The molecule has 2 aromatic heterocycles. The summed E-state index contributed by atoms with van der Waals surface area (Å²) in [6.45, 7) is 0. The van der Waals surface area contributed by atoms with Gasteiger partial charge in [-0.15, -0.1) is 11.3 Å². The normalized spacial score (nSPS) is 11.0. The van der Waals surface area contributed by atoms with E-state index in [1.54, 1.807) is 42.2 Å². The molecule has 0 fully saturated rings. The Morgan fingerprint density at radius 3 is 2.78 bits per heavy atom. The summed E-state index contributed by atoms with van der Waals surface area (Å²) in [5, 5.41) is 9.33. The first-order valence-corrected chi connectivity index (χ1v) is 7.68. The van der Waals surface area contributed by atoms with E-state index in [1.807, 2.05) is 5.38 Å². The first-order valence-electron chi connectivity index (χ1n) is 6.80. The lowest BCUT2D eigenvalue weighted by molar-refractivity contribution is -0.111. The summed E-state index contributed by atoms with van der Waals surface area (Å²) in [5.41, 5.74) is 1.51. The number of benzene rings is 1. The summed E-state index contributed by atoms with van der Waals surface area (Å²) >= 11 is 1.44. The van der Waals surface area contributed by atoms with E-state index in [4.69, 9.17) is 0 Å². The second-order valence-electron chi connectivity index (χ2n) is 4.78. The third kappa shape index (κ3) is 3.89. The van der Waals surface area contributed by atoms with Crippen LogP contribution in [0.25, 0.3) is 16.6 Å². The molecule has 0 spiro atoms. The second-order valence-corrected chi connectivity index (χ2v) is 5.64. The second kappa shape index (κ2) is 6.53. The van der Waals surface area contributed by atoms with E-state index < -0.39 is 0 Å². The molecule has 0 atom stereocenters. The predicted octanol–water partition coefficient (Wildman–Crippen LogP) is 3.33. The highest BCUT2D eigenvalue weighted by Gasteiger charge is 2.04. The van der Waals surface area contributed by atoms with Gasteiger partial charge < -0.3 is 5.32 Å².